The summed E-state index contributed by atoms with van der Waals surface area (Å²) in [4.78, 5) is 15.4. The van der Waals surface area contributed by atoms with E-state index in [0.29, 0.717) is 10.6 Å². The standard InChI is InChI=1S/C14H17ClN2O/c1-4-8(2)16-14(18)13-9(3)17-12-7-10(15)5-6-11(12)13/h5-8,17H,4H2,1-3H3,(H,16,18). The molecule has 4 heteroatoms. The van der Waals surface area contributed by atoms with Gasteiger partial charge in [0.15, 0.2) is 0 Å². The maximum absolute atomic E-state index is 12.2. The van der Waals surface area contributed by atoms with Crippen LogP contribution in [0.2, 0.25) is 5.02 Å². The van der Waals surface area contributed by atoms with Crippen molar-refractivity contribution in [2.75, 3.05) is 0 Å². The Morgan fingerprint density at radius 1 is 1.50 bits per heavy atom. The molecule has 0 fully saturated rings. The normalized spacial score (nSPS) is 12.7. The Kier molecular flexibility index (Phi) is 3.62. The number of carbonyl (C=O) groups excluding carboxylic acids is 1. The molecule has 3 nitrogen and oxygen atoms in total. The number of hydrogen-bond acceptors (Lipinski definition) is 1. The molecule has 0 saturated heterocycles. The molecule has 18 heavy (non-hydrogen) atoms. The topological polar surface area (TPSA) is 44.9 Å². The first-order valence-corrected chi connectivity index (χ1v) is 6.49. The largest absolute Gasteiger partial charge is 0.358 e. The fraction of sp³-hybridized carbons (Fsp3) is 0.357. The summed E-state index contributed by atoms with van der Waals surface area (Å²) in [6.45, 7) is 5.95. The Hall–Kier alpha value is -1.48. The lowest BCUT2D eigenvalue weighted by atomic mass is 10.1. The van der Waals surface area contributed by atoms with E-state index in [1.54, 1.807) is 6.07 Å². The number of aromatic nitrogens is 1. The smallest absolute Gasteiger partial charge is 0.253 e. The third kappa shape index (κ3) is 2.36. The fourth-order valence-electron chi connectivity index (χ4n) is 2.00. The van der Waals surface area contributed by atoms with Crippen molar-refractivity contribution in [3.05, 3.63) is 34.5 Å². The van der Waals surface area contributed by atoms with Gasteiger partial charge < -0.3 is 10.3 Å². The number of amides is 1. The van der Waals surface area contributed by atoms with E-state index in [9.17, 15) is 4.79 Å². The molecule has 2 rings (SSSR count). The second-order valence-electron chi connectivity index (χ2n) is 4.60. The van der Waals surface area contributed by atoms with Gasteiger partial charge in [-0.1, -0.05) is 24.6 Å². The summed E-state index contributed by atoms with van der Waals surface area (Å²) in [6.07, 6.45) is 0.916. The van der Waals surface area contributed by atoms with E-state index in [2.05, 4.69) is 10.3 Å². The van der Waals surface area contributed by atoms with E-state index < -0.39 is 0 Å². The van der Waals surface area contributed by atoms with Crippen molar-refractivity contribution in [2.24, 2.45) is 0 Å². The number of aromatic amines is 1. The van der Waals surface area contributed by atoms with E-state index in [-0.39, 0.29) is 11.9 Å². The highest BCUT2D eigenvalue weighted by Gasteiger charge is 2.17. The molecule has 1 amide bonds. The van der Waals surface area contributed by atoms with Crippen LogP contribution in [0.15, 0.2) is 18.2 Å². The van der Waals surface area contributed by atoms with Crippen molar-refractivity contribution >= 4 is 28.4 Å². The second-order valence-corrected chi connectivity index (χ2v) is 5.03. The van der Waals surface area contributed by atoms with Crippen molar-refractivity contribution in [3.8, 4) is 0 Å². The molecule has 0 radical (unpaired) electrons. The summed E-state index contributed by atoms with van der Waals surface area (Å²) in [5.74, 6) is -0.0320. The Bertz CT molecular complexity index is 589. The van der Waals surface area contributed by atoms with Crippen LogP contribution in [0.3, 0.4) is 0 Å². The number of nitrogens with one attached hydrogen (secondary N) is 2. The molecule has 1 unspecified atom stereocenters. The van der Waals surface area contributed by atoms with Gasteiger partial charge in [0.05, 0.1) is 5.56 Å². The van der Waals surface area contributed by atoms with Gasteiger partial charge in [-0.3, -0.25) is 4.79 Å². The molecule has 1 aromatic heterocycles. The molecule has 0 aliphatic heterocycles. The van der Waals surface area contributed by atoms with Crippen LogP contribution < -0.4 is 5.32 Å². The van der Waals surface area contributed by atoms with Gasteiger partial charge in [-0.15, -0.1) is 0 Å². The van der Waals surface area contributed by atoms with E-state index in [4.69, 9.17) is 11.6 Å². The quantitative estimate of drug-likeness (QED) is 0.873. The zero-order valence-electron chi connectivity index (χ0n) is 10.8. The Morgan fingerprint density at radius 2 is 2.22 bits per heavy atom. The first kappa shape index (κ1) is 13.0. The molecule has 0 saturated carbocycles. The van der Waals surface area contributed by atoms with Gasteiger partial charge in [0.2, 0.25) is 0 Å². The zero-order valence-corrected chi connectivity index (χ0v) is 11.6. The van der Waals surface area contributed by atoms with Crippen molar-refractivity contribution in [2.45, 2.75) is 33.2 Å². The lowest BCUT2D eigenvalue weighted by molar-refractivity contribution is 0.0940. The van der Waals surface area contributed by atoms with Crippen LogP contribution in [0.4, 0.5) is 0 Å². The van der Waals surface area contributed by atoms with Crippen LogP contribution >= 0.6 is 11.6 Å². The number of halogens is 1. The van der Waals surface area contributed by atoms with Crippen molar-refractivity contribution in [1.82, 2.24) is 10.3 Å². The van der Waals surface area contributed by atoms with Gasteiger partial charge in [0.1, 0.15) is 0 Å². The molecular formula is C14H17ClN2O. The fourth-order valence-corrected chi connectivity index (χ4v) is 2.17. The lowest BCUT2D eigenvalue weighted by Crippen LogP contribution is -2.32. The number of benzene rings is 1. The summed E-state index contributed by atoms with van der Waals surface area (Å²) in [5.41, 5.74) is 2.48. The molecular weight excluding hydrogens is 248 g/mol. The van der Waals surface area contributed by atoms with Crippen molar-refractivity contribution < 1.29 is 4.79 Å². The lowest BCUT2D eigenvalue weighted by Gasteiger charge is -2.11. The summed E-state index contributed by atoms with van der Waals surface area (Å²) in [7, 11) is 0. The molecule has 0 aliphatic carbocycles. The first-order chi connectivity index (χ1) is 8.52. The van der Waals surface area contributed by atoms with Crippen LogP contribution in [0.1, 0.15) is 36.3 Å². The highest BCUT2D eigenvalue weighted by atomic mass is 35.5. The number of H-pyrrole nitrogens is 1. The van der Waals surface area contributed by atoms with Crippen molar-refractivity contribution in [1.29, 1.82) is 0 Å². The minimum Gasteiger partial charge on any atom is -0.358 e. The zero-order chi connectivity index (χ0) is 13.3. The molecule has 0 spiro atoms. The van der Waals surface area contributed by atoms with Gasteiger partial charge in [-0.25, -0.2) is 0 Å². The molecule has 0 aliphatic rings. The third-order valence-corrected chi connectivity index (χ3v) is 3.40. The van der Waals surface area contributed by atoms with Crippen LogP contribution in [0.5, 0.6) is 0 Å². The summed E-state index contributed by atoms with van der Waals surface area (Å²) in [6, 6.07) is 5.70. The minimum absolute atomic E-state index is 0.0320. The van der Waals surface area contributed by atoms with Gasteiger partial charge in [-0.2, -0.15) is 0 Å². The van der Waals surface area contributed by atoms with E-state index in [1.165, 1.54) is 0 Å². The number of aryl methyl sites for hydroxylation is 1. The molecule has 2 N–H and O–H groups in total. The van der Waals surface area contributed by atoms with E-state index in [0.717, 1.165) is 23.0 Å². The molecule has 1 atom stereocenters. The molecule has 96 valence electrons. The Labute approximate surface area is 112 Å². The third-order valence-electron chi connectivity index (χ3n) is 3.17. The Morgan fingerprint density at radius 3 is 2.89 bits per heavy atom. The van der Waals surface area contributed by atoms with Crippen LogP contribution in [-0.2, 0) is 0 Å². The van der Waals surface area contributed by atoms with Gasteiger partial charge in [0.25, 0.3) is 5.91 Å². The minimum atomic E-state index is -0.0320. The predicted octanol–water partition coefficient (Wildman–Crippen LogP) is 3.66. The van der Waals surface area contributed by atoms with Crippen LogP contribution in [0.25, 0.3) is 10.9 Å². The maximum Gasteiger partial charge on any atom is 0.253 e. The molecule has 1 aromatic carbocycles. The van der Waals surface area contributed by atoms with Crippen LogP contribution in [0, 0.1) is 6.92 Å². The number of fused-ring (bicyclic) bond motifs is 1. The van der Waals surface area contributed by atoms with E-state index >= 15 is 0 Å². The first-order valence-electron chi connectivity index (χ1n) is 6.11. The summed E-state index contributed by atoms with van der Waals surface area (Å²) in [5, 5.41) is 4.57. The van der Waals surface area contributed by atoms with E-state index in [1.807, 2.05) is 32.9 Å². The highest BCUT2D eigenvalue weighted by Crippen LogP contribution is 2.25. The highest BCUT2D eigenvalue weighted by molar-refractivity contribution is 6.31. The van der Waals surface area contributed by atoms with Gasteiger partial charge >= 0.3 is 0 Å². The van der Waals surface area contributed by atoms with Crippen molar-refractivity contribution in [3.63, 3.8) is 0 Å². The van der Waals surface area contributed by atoms with Crippen LogP contribution in [-0.4, -0.2) is 16.9 Å². The molecule has 1 heterocycles. The number of carbonyl (C=O) groups is 1. The monoisotopic (exact) mass is 264 g/mol. The Balaban J connectivity index is 2.44. The average molecular weight is 265 g/mol. The molecule has 0 bridgehead atoms. The SMILES string of the molecule is CCC(C)NC(=O)c1c(C)[nH]c2cc(Cl)ccc12. The summed E-state index contributed by atoms with van der Waals surface area (Å²) < 4.78 is 0. The number of rotatable bonds is 3. The van der Waals surface area contributed by atoms with Gasteiger partial charge in [-0.05, 0) is 32.4 Å². The predicted molar refractivity (Wildman–Crippen MR) is 75.3 cm³/mol. The number of hydrogen-bond donors (Lipinski definition) is 2. The van der Waals surface area contributed by atoms with Gasteiger partial charge in [0, 0.05) is 27.7 Å². The molecule has 2 aromatic rings. The summed E-state index contributed by atoms with van der Waals surface area (Å²) >= 11 is 5.95. The second kappa shape index (κ2) is 5.02. The average Bonchev–Trinajstić information content (AvgIpc) is 2.63. The maximum atomic E-state index is 12.2.